The van der Waals surface area contributed by atoms with Crippen molar-refractivity contribution in [1.29, 1.82) is 0 Å². The molecule has 5 heteroatoms. The Hall–Kier alpha value is -1.26. The van der Waals surface area contributed by atoms with E-state index in [1.54, 1.807) is 0 Å². The van der Waals surface area contributed by atoms with Crippen molar-refractivity contribution >= 4 is 18.3 Å². The van der Waals surface area contributed by atoms with E-state index in [0.29, 0.717) is 19.1 Å². The molecule has 1 saturated heterocycles. The van der Waals surface area contributed by atoms with Gasteiger partial charge in [0.25, 0.3) is 0 Å². The molecule has 1 aliphatic heterocycles. The first-order valence-corrected chi connectivity index (χ1v) is 9.32. The molecule has 142 valence electrons. The lowest BCUT2D eigenvalue weighted by molar-refractivity contribution is -0.134. The molecule has 0 unspecified atom stereocenters. The number of nitrogens with one attached hydrogen (secondary N) is 1. The average Bonchev–Trinajstić information content (AvgIpc) is 2.60. The first-order valence-electron chi connectivity index (χ1n) is 9.32. The zero-order valence-corrected chi connectivity index (χ0v) is 16.7. The fourth-order valence-corrected chi connectivity index (χ4v) is 3.23. The van der Waals surface area contributed by atoms with Crippen molar-refractivity contribution in [3.63, 3.8) is 0 Å². The third kappa shape index (κ3) is 6.87. The fraction of sp³-hybridized carbons (Fsp3) is 0.650. The Bertz CT molecular complexity index is 530. The molecule has 1 aliphatic rings. The van der Waals surface area contributed by atoms with Gasteiger partial charge in [-0.1, -0.05) is 13.0 Å². The van der Waals surface area contributed by atoms with Crippen LogP contribution in [0, 0.1) is 13.8 Å². The van der Waals surface area contributed by atoms with Gasteiger partial charge in [0.05, 0.1) is 6.61 Å². The zero-order valence-electron chi connectivity index (χ0n) is 15.8. The number of halogens is 1. The molecule has 4 nitrogen and oxygen atoms in total. The Labute approximate surface area is 158 Å². The molecule has 2 rings (SSSR count). The van der Waals surface area contributed by atoms with Crippen molar-refractivity contribution in [2.45, 2.75) is 58.9 Å². The number of carbonyl (C=O) groups is 1. The quantitative estimate of drug-likeness (QED) is 0.708. The zero-order chi connectivity index (χ0) is 17.4. The maximum atomic E-state index is 12.6. The molecule has 25 heavy (non-hydrogen) atoms. The molecule has 0 bridgehead atoms. The first kappa shape index (κ1) is 21.8. The number of benzene rings is 1. The summed E-state index contributed by atoms with van der Waals surface area (Å²) in [5.74, 6) is 1.18. The molecule has 0 atom stereocenters. The van der Waals surface area contributed by atoms with Gasteiger partial charge in [-0.2, -0.15) is 0 Å². The summed E-state index contributed by atoms with van der Waals surface area (Å²) in [5, 5.41) is 3.37. The Morgan fingerprint density at radius 1 is 1.24 bits per heavy atom. The SMILES string of the molecule is CCCN(C(=O)CCCOc1ccc(C)c(C)c1)C1CCNCC1.Cl. The van der Waals surface area contributed by atoms with Crippen LogP contribution in [-0.2, 0) is 4.79 Å². The summed E-state index contributed by atoms with van der Waals surface area (Å²) in [5.41, 5.74) is 2.51. The van der Waals surface area contributed by atoms with E-state index in [9.17, 15) is 4.79 Å². The van der Waals surface area contributed by atoms with E-state index in [2.05, 4.69) is 43.1 Å². The molecule has 1 aromatic carbocycles. The average molecular weight is 369 g/mol. The van der Waals surface area contributed by atoms with E-state index in [1.807, 2.05) is 6.07 Å². The summed E-state index contributed by atoms with van der Waals surface area (Å²) in [6, 6.07) is 6.56. The number of amides is 1. The molecule has 1 amide bonds. The van der Waals surface area contributed by atoms with Gasteiger partial charge in [0.2, 0.25) is 5.91 Å². The van der Waals surface area contributed by atoms with Crippen molar-refractivity contribution in [2.24, 2.45) is 0 Å². The van der Waals surface area contributed by atoms with Gasteiger partial charge in [-0.15, -0.1) is 12.4 Å². The minimum atomic E-state index is 0. The van der Waals surface area contributed by atoms with E-state index in [4.69, 9.17) is 4.74 Å². The van der Waals surface area contributed by atoms with E-state index < -0.39 is 0 Å². The van der Waals surface area contributed by atoms with E-state index >= 15 is 0 Å². The number of carbonyl (C=O) groups excluding carboxylic acids is 1. The van der Waals surface area contributed by atoms with Gasteiger partial charge < -0.3 is 15.0 Å². The van der Waals surface area contributed by atoms with Crippen LogP contribution >= 0.6 is 12.4 Å². The van der Waals surface area contributed by atoms with Gasteiger partial charge in [0, 0.05) is 19.0 Å². The summed E-state index contributed by atoms with van der Waals surface area (Å²) >= 11 is 0. The standard InChI is InChI=1S/C20H32N2O2.ClH/c1-4-13-22(18-9-11-21-12-10-18)20(23)6-5-14-24-19-8-7-16(2)17(3)15-19;/h7-8,15,18,21H,4-6,9-14H2,1-3H3;1H. The molecule has 0 saturated carbocycles. The number of hydrogen-bond donors (Lipinski definition) is 1. The number of ether oxygens (including phenoxy) is 1. The highest BCUT2D eigenvalue weighted by Gasteiger charge is 2.24. The molecular formula is C20H33ClN2O2. The second-order valence-corrected chi connectivity index (χ2v) is 6.77. The molecule has 0 aromatic heterocycles. The highest BCUT2D eigenvalue weighted by atomic mass is 35.5. The lowest BCUT2D eigenvalue weighted by atomic mass is 10.0. The molecule has 1 heterocycles. The Kier molecular flexibility index (Phi) is 9.91. The van der Waals surface area contributed by atoms with Crippen molar-refractivity contribution in [1.82, 2.24) is 10.2 Å². The molecule has 0 radical (unpaired) electrons. The van der Waals surface area contributed by atoms with Crippen LogP contribution in [0.5, 0.6) is 5.75 Å². The second-order valence-electron chi connectivity index (χ2n) is 6.77. The highest BCUT2D eigenvalue weighted by molar-refractivity contribution is 5.85. The molecule has 0 spiro atoms. The predicted octanol–water partition coefficient (Wildman–Crippen LogP) is 3.87. The first-order chi connectivity index (χ1) is 11.6. The highest BCUT2D eigenvalue weighted by Crippen LogP contribution is 2.17. The van der Waals surface area contributed by atoms with Crippen molar-refractivity contribution < 1.29 is 9.53 Å². The molecule has 0 aliphatic carbocycles. The van der Waals surface area contributed by atoms with Gasteiger partial charge in [-0.3, -0.25) is 4.79 Å². The molecule has 1 fully saturated rings. The van der Waals surface area contributed by atoms with Gasteiger partial charge in [-0.25, -0.2) is 0 Å². The lowest BCUT2D eigenvalue weighted by Gasteiger charge is -2.34. The van der Waals surface area contributed by atoms with E-state index in [-0.39, 0.29) is 18.3 Å². The minimum absolute atomic E-state index is 0. The molecular weight excluding hydrogens is 336 g/mol. The minimum Gasteiger partial charge on any atom is -0.494 e. The normalized spacial score (nSPS) is 14.7. The summed E-state index contributed by atoms with van der Waals surface area (Å²) in [7, 11) is 0. The largest absolute Gasteiger partial charge is 0.494 e. The van der Waals surface area contributed by atoms with Crippen LogP contribution in [0.25, 0.3) is 0 Å². The Balaban J connectivity index is 0.00000312. The monoisotopic (exact) mass is 368 g/mol. The van der Waals surface area contributed by atoms with Gasteiger partial charge in [-0.05, 0) is 75.9 Å². The summed E-state index contributed by atoms with van der Waals surface area (Å²) in [6.45, 7) is 9.85. The number of piperidine rings is 1. The van der Waals surface area contributed by atoms with Crippen molar-refractivity contribution in [2.75, 3.05) is 26.2 Å². The van der Waals surface area contributed by atoms with Crippen LogP contribution in [-0.4, -0.2) is 43.1 Å². The van der Waals surface area contributed by atoms with Crippen LogP contribution in [0.3, 0.4) is 0 Å². The third-order valence-corrected chi connectivity index (χ3v) is 4.82. The molecule has 1 aromatic rings. The van der Waals surface area contributed by atoms with Crippen LogP contribution in [0.15, 0.2) is 18.2 Å². The summed E-state index contributed by atoms with van der Waals surface area (Å²) in [6.07, 6.45) is 4.52. The molecule has 1 N–H and O–H groups in total. The lowest BCUT2D eigenvalue weighted by Crippen LogP contribution is -2.46. The van der Waals surface area contributed by atoms with Crippen LogP contribution < -0.4 is 10.1 Å². The number of rotatable bonds is 8. The predicted molar refractivity (Wildman–Crippen MR) is 106 cm³/mol. The third-order valence-electron chi connectivity index (χ3n) is 4.82. The van der Waals surface area contributed by atoms with Gasteiger partial charge in [0.1, 0.15) is 5.75 Å². The van der Waals surface area contributed by atoms with Crippen molar-refractivity contribution in [3.05, 3.63) is 29.3 Å². The topological polar surface area (TPSA) is 41.6 Å². The summed E-state index contributed by atoms with van der Waals surface area (Å²) < 4.78 is 5.80. The Morgan fingerprint density at radius 2 is 1.96 bits per heavy atom. The van der Waals surface area contributed by atoms with Crippen LogP contribution in [0.2, 0.25) is 0 Å². The maximum absolute atomic E-state index is 12.6. The number of nitrogens with zero attached hydrogens (tertiary/aromatic N) is 1. The Morgan fingerprint density at radius 3 is 2.60 bits per heavy atom. The van der Waals surface area contributed by atoms with Crippen molar-refractivity contribution in [3.8, 4) is 5.75 Å². The second kappa shape index (κ2) is 11.4. The number of hydrogen-bond acceptors (Lipinski definition) is 3. The van der Waals surface area contributed by atoms with E-state index in [1.165, 1.54) is 11.1 Å². The van der Waals surface area contributed by atoms with Crippen LogP contribution in [0.4, 0.5) is 0 Å². The van der Waals surface area contributed by atoms with E-state index in [0.717, 1.165) is 51.1 Å². The maximum Gasteiger partial charge on any atom is 0.222 e. The summed E-state index contributed by atoms with van der Waals surface area (Å²) in [4.78, 5) is 14.7. The van der Waals surface area contributed by atoms with Gasteiger partial charge >= 0.3 is 0 Å². The van der Waals surface area contributed by atoms with Crippen LogP contribution in [0.1, 0.15) is 50.2 Å². The number of aryl methyl sites for hydroxylation is 2. The smallest absolute Gasteiger partial charge is 0.222 e. The van der Waals surface area contributed by atoms with Gasteiger partial charge in [0.15, 0.2) is 0 Å². The fourth-order valence-electron chi connectivity index (χ4n) is 3.23.